The third-order valence-electron chi connectivity index (χ3n) is 5.77. The summed E-state index contributed by atoms with van der Waals surface area (Å²) in [7, 11) is 0. The van der Waals surface area contributed by atoms with Crippen LogP contribution in [0.3, 0.4) is 0 Å². The van der Waals surface area contributed by atoms with Gasteiger partial charge in [-0.2, -0.15) is 8.78 Å². The number of rotatable bonds is 8. The van der Waals surface area contributed by atoms with E-state index in [1.807, 2.05) is 0 Å². The lowest BCUT2D eigenvalue weighted by atomic mass is 9.96. The van der Waals surface area contributed by atoms with Crippen LogP contribution in [0.5, 0.6) is 11.5 Å². The molecule has 182 valence electrons. The van der Waals surface area contributed by atoms with E-state index < -0.39 is 47.4 Å². The lowest BCUT2D eigenvalue weighted by molar-refractivity contribution is -0.138. The number of aliphatic carboxylic acids is 1. The number of halogens is 3. The fourth-order valence-corrected chi connectivity index (χ4v) is 4.31. The molecule has 2 amide bonds. The van der Waals surface area contributed by atoms with Crippen molar-refractivity contribution in [3.63, 3.8) is 0 Å². The van der Waals surface area contributed by atoms with Gasteiger partial charge in [-0.3, -0.25) is 14.4 Å². The van der Waals surface area contributed by atoms with Crippen LogP contribution in [-0.2, 0) is 4.79 Å². The molecule has 0 aromatic heterocycles. The average molecular weight is 487 g/mol. The van der Waals surface area contributed by atoms with E-state index in [2.05, 4.69) is 0 Å². The Kier molecular flexibility index (Phi) is 6.38. The smallest absolute Gasteiger partial charge is 0.387 e. The van der Waals surface area contributed by atoms with Gasteiger partial charge in [0.1, 0.15) is 17.3 Å². The number of nitrogens with zero attached hydrogens (tertiary/aromatic N) is 1. The van der Waals surface area contributed by atoms with Crippen LogP contribution in [-0.4, -0.2) is 36.1 Å². The second-order valence-electron chi connectivity index (χ2n) is 7.72. The van der Waals surface area contributed by atoms with Crippen LogP contribution in [0, 0.1) is 5.82 Å². The van der Waals surface area contributed by atoms with Gasteiger partial charge in [0, 0.05) is 16.3 Å². The number of carbonyl (C=O) groups is 3. The van der Waals surface area contributed by atoms with Gasteiger partial charge in [-0.15, -0.1) is 0 Å². The normalized spacial score (nSPS) is 13.9. The molecule has 1 unspecified atom stereocenters. The van der Waals surface area contributed by atoms with Gasteiger partial charge in [0.05, 0.1) is 29.3 Å². The molecular formula is C25H20F3NO6. The van der Waals surface area contributed by atoms with E-state index in [4.69, 9.17) is 9.47 Å². The minimum Gasteiger partial charge on any atom is -0.492 e. The van der Waals surface area contributed by atoms with Crippen LogP contribution >= 0.6 is 0 Å². The van der Waals surface area contributed by atoms with E-state index in [9.17, 15) is 32.7 Å². The first-order chi connectivity index (χ1) is 16.7. The quantitative estimate of drug-likeness (QED) is 0.430. The molecular weight excluding hydrogens is 467 g/mol. The van der Waals surface area contributed by atoms with E-state index in [-0.39, 0.29) is 41.0 Å². The van der Waals surface area contributed by atoms with Gasteiger partial charge < -0.3 is 14.6 Å². The Morgan fingerprint density at radius 1 is 1.00 bits per heavy atom. The number of carboxylic acids is 1. The summed E-state index contributed by atoms with van der Waals surface area (Å²) in [6, 6.07) is 9.47. The molecule has 0 fully saturated rings. The molecule has 10 heteroatoms. The molecule has 1 aliphatic rings. The summed E-state index contributed by atoms with van der Waals surface area (Å²) >= 11 is 0. The number of anilines is 1. The van der Waals surface area contributed by atoms with Crippen molar-refractivity contribution in [1.29, 1.82) is 0 Å². The molecule has 1 heterocycles. The summed E-state index contributed by atoms with van der Waals surface area (Å²) < 4.78 is 51.9. The molecule has 3 aromatic rings. The minimum absolute atomic E-state index is 0.0228. The predicted molar refractivity (Wildman–Crippen MR) is 120 cm³/mol. The van der Waals surface area contributed by atoms with Crippen LogP contribution in [0.25, 0.3) is 10.8 Å². The fourth-order valence-electron chi connectivity index (χ4n) is 4.31. The Hall–Kier alpha value is -4.08. The van der Waals surface area contributed by atoms with E-state index in [0.717, 1.165) is 6.07 Å². The lowest BCUT2D eigenvalue weighted by Crippen LogP contribution is -2.29. The Morgan fingerprint density at radius 3 is 2.11 bits per heavy atom. The molecule has 1 N–H and O–H groups in total. The summed E-state index contributed by atoms with van der Waals surface area (Å²) in [6.45, 7) is 0.0749. The Labute approximate surface area is 197 Å². The molecule has 0 aliphatic carbocycles. The van der Waals surface area contributed by atoms with E-state index in [0.29, 0.717) is 10.3 Å². The molecule has 0 saturated carbocycles. The highest BCUT2D eigenvalue weighted by atomic mass is 19.3. The molecule has 1 atom stereocenters. The maximum atomic E-state index is 14.9. The standard InChI is InChI=1S/C25H20F3NO6/c1-3-13(24(32)33)14-10-9-12(11-17(14)26)29-22(30)18-19(23(29)31)21(35-25(27)28)16-8-6-5-7-15(16)20(18)34-4-2/h5-11,13,25H,3-4H2,1-2H3,(H,32,33). The first-order valence-corrected chi connectivity index (χ1v) is 10.8. The number of imide groups is 1. The van der Waals surface area contributed by atoms with Crippen molar-refractivity contribution in [1.82, 2.24) is 0 Å². The monoisotopic (exact) mass is 487 g/mol. The van der Waals surface area contributed by atoms with Crippen molar-refractivity contribution in [3.05, 3.63) is 65.0 Å². The highest BCUT2D eigenvalue weighted by Gasteiger charge is 2.44. The lowest BCUT2D eigenvalue weighted by Gasteiger charge is -2.17. The largest absolute Gasteiger partial charge is 0.492 e. The maximum absolute atomic E-state index is 14.9. The van der Waals surface area contributed by atoms with Crippen molar-refractivity contribution in [2.24, 2.45) is 0 Å². The van der Waals surface area contributed by atoms with Gasteiger partial charge in [-0.05, 0) is 25.5 Å². The predicted octanol–water partition coefficient (Wildman–Crippen LogP) is 5.36. The van der Waals surface area contributed by atoms with Gasteiger partial charge in [-0.1, -0.05) is 37.3 Å². The van der Waals surface area contributed by atoms with E-state index >= 15 is 0 Å². The fraction of sp³-hybridized carbons (Fsp3) is 0.240. The number of amides is 2. The van der Waals surface area contributed by atoms with Crippen molar-refractivity contribution in [3.8, 4) is 11.5 Å². The Balaban J connectivity index is 1.92. The van der Waals surface area contributed by atoms with Crippen LogP contribution in [0.2, 0.25) is 0 Å². The SMILES string of the molecule is CCOc1c2c(c(OC(F)F)c3ccccc13)C(=O)N(c1ccc(C(CC)C(=O)O)c(F)c1)C2=O. The van der Waals surface area contributed by atoms with Crippen LogP contribution < -0.4 is 14.4 Å². The second kappa shape index (κ2) is 9.28. The molecule has 0 bridgehead atoms. The zero-order valence-corrected chi connectivity index (χ0v) is 18.7. The van der Waals surface area contributed by atoms with Crippen molar-refractivity contribution >= 4 is 34.2 Å². The number of ether oxygens (including phenoxy) is 2. The number of hydrogen-bond donors (Lipinski definition) is 1. The molecule has 0 radical (unpaired) electrons. The summed E-state index contributed by atoms with van der Waals surface area (Å²) in [6.07, 6.45) is 0.122. The third-order valence-corrected chi connectivity index (χ3v) is 5.77. The van der Waals surface area contributed by atoms with Gasteiger partial charge in [0.25, 0.3) is 11.8 Å². The second-order valence-corrected chi connectivity index (χ2v) is 7.72. The molecule has 35 heavy (non-hydrogen) atoms. The molecule has 4 rings (SSSR count). The van der Waals surface area contributed by atoms with Crippen LogP contribution in [0.1, 0.15) is 52.5 Å². The van der Waals surface area contributed by atoms with Gasteiger partial charge in [0.15, 0.2) is 0 Å². The van der Waals surface area contributed by atoms with Crippen LogP contribution in [0.4, 0.5) is 18.9 Å². The van der Waals surface area contributed by atoms with Crippen molar-refractivity contribution in [2.75, 3.05) is 11.5 Å². The van der Waals surface area contributed by atoms with Crippen LogP contribution in [0.15, 0.2) is 42.5 Å². The Bertz CT molecular complexity index is 1360. The number of hydrogen-bond acceptors (Lipinski definition) is 5. The molecule has 0 spiro atoms. The van der Waals surface area contributed by atoms with E-state index in [1.165, 1.54) is 18.2 Å². The van der Waals surface area contributed by atoms with Gasteiger partial charge >= 0.3 is 12.6 Å². The summed E-state index contributed by atoms with van der Waals surface area (Å²) in [4.78, 5) is 38.9. The zero-order chi connectivity index (χ0) is 25.4. The summed E-state index contributed by atoms with van der Waals surface area (Å²) in [5.74, 6) is -5.62. The minimum atomic E-state index is -3.28. The molecule has 7 nitrogen and oxygen atoms in total. The molecule has 0 saturated heterocycles. The molecule has 1 aliphatic heterocycles. The summed E-state index contributed by atoms with van der Waals surface area (Å²) in [5.41, 5.74) is -0.985. The average Bonchev–Trinajstić information content (AvgIpc) is 3.07. The first-order valence-electron chi connectivity index (χ1n) is 10.8. The number of fused-ring (bicyclic) bond motifs is 2. The molecule has 3 aromatic carbocycles. The van der Waals surface area contributed by atoms with E-state index in [1.54, 1.807) is 32.0 Å². The van der Waals surface area contributed by atoms with Gasteiger partial charge in [0.2, 0.25) is 0 Å². The summed E-state index contributed by atoms with van der Waals surface area (Å²) in [5, 5.41) is 9.77. The number of carbonyl (C=O) groups excluding carboxylic acids is 2. The van der Waals surface area contributed by atoms with Gasteiger partial charge in [-0.25, -0.2) is 9.29 Å². The first kappa shape index (κ1) is 24.1. The number of carboxylic acid groups (broad SMARTS) is 1. The number of alkyl halides is 2. The topological polar surface area (TPSA) is 93.1 Å². The van der Waals surface area contributed by atoms with Crippen molar-refractivity contribution < 1.29 is 42.1 Å². The third kappa shape index (κ3) is 3.94. The Morgan fingerprint density at radius 2 is 1.60 bits per heavy atom. The highest BCUT2D eigenvalue weighted by Crippen LogP contribution is 2.46. The highest BCUT2D eigenvalue weighted by molar-refractivity contribution is 6.38. The maximum Gasteiger partial charge on any atom is 0.387 e. The zero-order valence-electron chi connectivity index (χ0n) is 18.7. The van der Waals surface area contributed by atoms with Crippen molar-refractivity contribution in [2.45, 2.75) is 32.8 Å². The number of benzene rings is 3.